The third-order valence-corrected chi connectivity index (χ3v) is 9.87. The third-order valence-electron chi connectivity index (χ3n) is 9.87. The summed E-state index contributed by atoms with van der Waals surface area (Å²) in [5.74, 6) is 0.809. The molecule has 4 heterocycles. The number of likely N-dealkylation sites (tertiary alicyclic amines) is 2. The van der Waals surface area contributed by atoms with Crippen LogP contribution < -0.4 is 10.6 Å². The van der Waals surface area contributed by atoms with Gasteiger partial charge in [0.25, 0.3) is 0 Å². The average Bonchev–Trinajstić information content (AvgIpc) is 3.76. The van der Waals surface area contributed by atoms with Crippen molar-refractivity contribution < 1.29 is 14.0 Å². The maximum absolute atomic E-state index is 14.5. The Balaban J connectivity index is 1.34. The zero-order chi connectivity index (χ0) is 28.7. The Labute approximate surface area is 240 Å². The zero-order valence-corrected chi connectivity index (χ0v) is 24.3. The van der Waals surface area contributed by atoms with E-state index in [2.05, 4.69) is 30.4 Å². The first-order valence-electron chi connectivity index (χ1n) is 15.1. The summed E-state index contributed by atoms with van der Waals surface area (Å²) >= 11 is 0. The van der Waals surface area contributed by atoms with Gasteiger partial charge >= 0.3 is 0 Å². The van der Waals surface area contributed by atoms with Crippen LogP contribution in [0.25, 0.3) is 10.9 Å². The van der Waals surface area contributed by atoms with E-state index in [4.69, 9.17) is 0 Å². The van der Waals surface area contributed by atoms with Gasteiger partial charge in [0.15, 0.2) is 0 Å². The Morgan fingerprint density at radius 2 is 2.00 bits per heavy atom. The number of aryl methyl sites for hydroxylation is 1. The van der Waals surface area contributed by atoms with Crippen molar-refractivity contribution in [3.63, 3.8) is 0 Å². The van der Waals surface area contributed by atoms with Crippen LogP contribution in [0.5, 0.6) is 0 Å². The van der Waals surface area contributed by atoms with Crippen molar-refractivity contribution in [2.45, 2.75) is 82.1 Å². The second-order valence-electron chi connectivity index (χ2n) is 12.2. The number of carbonyl (C=O) groups is 2. The highest BCUT2D eigenvalue weighted by Gasteiger charge is 2.52. The van der Waals surface area contributed by atoms with Crippen molar-refractivity contribution in [3.05, 3.63) is 54.0 Å². The van der Waals surface area contributed by atoms with Gasteiger partial charge in [-0.25, -0.2) is 9.37 Å². The van der Waals surface area contributed by atoms with Gasteiger partial charge in [0.05, 0.1) is 18.6 Å². The standard InChI is InChI=1S/C31H42FN7O2/c1-19(33-2)30(40)36-28(20-7-5-4-6-8-20)31(41)39-13-11-26-29(39)24(17-38(26)18-27-34-12-14-37(27)3)23-16-35-25-15-21(32)9-10-22(23)25/h9-10,12,14-16,19-20,24,26,28-29,33,35H,4-8,11,13,17-18H2,1-3H3,(H,36,40)/t19-,24+,26+,28-,29+/m0/s1. The number of halogens is 1. The summed E-state index contributed by atoms with van der Waals surface area (Å²) in [6.45, 7) is 3.95. The number of carbonyl (C=O) groups excluding carboxylic acids is 2. The smallest absolute Gasteiger partial charge is 0.245 e. The lowest BCUT2D eigenvalue weighted by atomic mass is 9.82. The number of benzene rings is 1. The minimum Gasteiger partial charge on any atom is -0.361 e. The lowest BCUT2D eigenvalue weighted by Gasteiger charge is -2.36. The predicted molar refractivity (Wildman–Crippen MR) is 156 cm³/mol. The molecule has 0 unspecified atom stereocenters. The third kappa shape index (κ3) is 5.28. The van der Waals surface area contributed by atoms with Crippen molar-refractivity contribution in [3.8, 4) is 0 Å². The molecule has 2 aromatic heterocycles. The number of hydrogen-bond acceptors (Lipinski definition) is 5. The molecule has 1 aromatic carbocycles. The monoisotopic (exact) mass is 563 g/mol. The summed E-state index contributed by atoms with van der Waals surface area (Å²) in [6.07, 6.45) is 11.9. The van der Waals surface area contributed by atoms with Crippen LogP contribution in [0, 0.1) is 11.7 Å². The first-order valence-corrected chi connectivity index (χ1v) is 15.1. The quantitative estimate of drug-likeness (QED) is 0.391. The molecule has 0 radical (unpaired) electrons. The number of aromatic amines is 1. The van der Waals surface area contributed by atoms with Gasteiger partial charge in [-0.2, -0.15) is 0 Å². The second kappa shape index (κ2) is 11.6. The lowest BCUT2D eigenvalue weighted by Crippen LogP contribution is -2.57. The van der Waals surface area contributed by atoms with Crippen LogP contribution in [0.15, 0.2) is 36.8 Å². The Kier molecular flexibility index (Phi) is 7.87. The molecule has 3 aliphatic rings. The number of fused-ring (bicyclic) bond motifs is 2. The Morgan fingerprint density at radius 1 is 1.20 bits per heavy atom. The molecule has 0 spiro atoms. The molecule has 3 fully saturated rings. The molecule has 5 atom stereocenters. The molecule has 3 aromatic rings. The molecule has 2 aliphatic heterocycles. The minimum absolute atomic E-state index is 0.0378. The summed E-state index contributed by atoms with van der Waals surface area (Å²) in [4.78, 5) is 40.0. The summed E-state index contributed by atoms with van der Waals surface area (Å²) in [6, 6.07) is 4.11. The van der Waals surface area contributed by atoms with Gasteiger partial charge in [-0.15, -0.1) is 0 Å². The topological polar surface area (TPSA) is 98.3 Å². The van der Waals surface area contributed by atoms with Crippen molar-refractivity contribution in [1.82, 2.24) is 35.0 Å². The van der Waals surface area contributed by atoms with E-state index in [1.165, 1.54) is 18.6 Å². The Morgan fingerprint density at radius 3 is 2.73 bits per heavy atom. The molecule has 10 heteroatoms. The first kappa shape index (κ1) is 27.9. The molecule has 2 saturated heterocycles. The number of nitrogens with one attached hydrogen (secondary N) is 3. The molecule has 220 valence electrons. The van der Waals surface area contributed by atoms with Crippen LogP contribution in [0.3, 0.4) is 0 Å². The SMILES string of the molecule is CN[C@@H](C)C(=O)N[C@H](C(=O)N1CC[C@@H]2[C@H]1[C@@H](c1c[nH]c3cc(F)ccc13)CN2Cc1nccn1C)C1CCCCC1. The van der Waals surface area contributed by atoms with Gasteiger partial charge in [0, 0.05) is 61.6 Å². The Bertz CT molecular complexity index is 1400. The summed E-state index contributed by atoms with van der Waals surface area (Å²) in [5, 5.41) is 7.18. The van der Waals surface area contributed by atoms with Crippen molar-refractivity contribution in [2.75, 3.05) is 20.1 Å². The highest BCUT2D eigenvalue weighted by atomic mass is 19.1. The summed E-state index contributed by atoms with van der Waals surface area (Å²) in [7, 11) is 3.77. The van der Waals surface area contributed by atoms with Crippen LogP contribution in [-0.4, -0.2) is 80.5 Å². The number of amides is 2. The van der Waals surface area contributed by atoms with Crippen LogP contribution >= 0.6 is 0 Å². The van der Waals surface area contributed by atoms with Gasteiger partial charge in [-0.3, -0.25) is 14.5 Å². The average molecular weight is 564 g/mol. The van der Waals surface area contributed by atoms with Gasteiger partial charge in [0.1, 0.15) is 17.7 Å². The number of imidazole rings is 1. The van der Waals surface area contributed by atoms with Crippen LogP contribution in [0.2, 0.25) is 0 Å². The molecule has 41 heavy (non-hydrogen) atoms. The minimum atomic E-state index is -0.529. The van der Waals surface area contributed by atoms with Gasteiger partial charge in [-0.1, -0.05) is 19.3 Å². The fraction of sp³-hybridized carbons (Fsp3) is 0.581. The highest BCUT2D eigenvalue weighted by Crippen LogP contribution is 2.44. The van der Waals surface area contributed by atoms with E-state index in [1.807, 2.05) is 43.2 Å². The molecule has 0 bridgehead atoms. The molecule has 2 amide bonds. The summed E-state index contributed by atoms with van der Waals surface area (Å²) < 4.78 is 16.1. The molecular formula is C31H42FN7O2. The van der Waals surface area contributed by atoms with E-state index in [-0.39, 0.29) is 47.6 Å². The molecule has 6 rings (SSSR count). The van der Waals surface area contributed by atoms with Gasteiger partial charge < -0.3 is 25.1 Å². The van der Waals surface area contributed by atoms with Crippen LogP contribution in [-0.2, 0) is 23.2 Å². The fourth-order valence-electron chi connectivity index (χ4n) is 7.49. The highest BCUT2D eigenvalue weighted by molar-refractivity contribution is 5.90. The van der Waals surface area contributed by atoms with Crippen molar-refractivity contribution in [2.24, 2.45) is 13.0 Å². The fourth-order valence-corrected chi connectivity index (χ4v) is 7.49. The normalized spacial score (nSPS) is 25.0. The number of likely N-dealkylation sites (N-methyl/N-ethyl adjacent to an activating group) is 1. The predicted octanol–water partition coefficient (Wildman–Crippen LogP) is 3.28. The van der Waals surface area contributed by atoms with E-state index in [0.29, 0.717) is 13.1 Å². The number of aromatic nitrogens is 3. The van der Waals surface area contributed by atoms with E-state index in [0.717, 1.165) is 60.9 Å². The molecule has 3 N–H and O–H groups in total. The van der Waals surface area contributed by atoms with E-state index < -0.39 is 6.04 Å². The van der Waals surface area contributed by atoms with E-state index in [9.17, 15) is 14.0 Å². The van der Waals surface area contributed by atoms with E-state index in [1.54, 1.807) is 7.05 Å². The van der Waals surface area contributed by atoms with Crippen LogP contribution in [0.4, 0.5) is 4.39 Å². The number of nitrogens with zero attached hydrogens (tertiary/aromatic N) is 4. The van der Waals surface area contributed by atoms with Gasteiger partial charge in [0.2, 0.25) is 11.8 Å². The molecule has 1 aliphatic carbocycles. The number of rotatable bonds is 8. The maximum atomic E-state index is 14.5. The van der Waals surface area contributed by atoms with Crippen LogP contribution in [0.1, 0.15) is 62.8 Å². The van der Waals surface area contributed by atoms with Gasteiger partial charge in [-0.05, 0) is 62.9 Å². The van der Waals surface area contributed by atoms with Crippen molar-refractivity contribution in [1.29, 1.82) is 0 Å². The number of H-pyrrole nitrogens is 1. The largest absolute Gasteiger partial charge is 0.361 e. The van der Waals surface area contributed by atoms with E-state index >= 15 is 0 Å². The zero-order valence-electron chi connectivity index (χ0n) is 24.3. The Hall–Kier alpha value is -3.24. The molecule has 9 nitrogen and oxygen atoms in total. The summed E-state index contributed by atoms with van der Waals surface area (Å²) in [5.41, 5.74) is 1.88. The number of hydrogen-bond donors (Lipinski definition) is 3. The molecule has 1 saturated carbocycles. The van der Waals surface area contributed by atoms with Crippen molar-refractivity contribution >= 4 is 22.7 Å². The molecular weight excluding hydrogens is 521 g/mol. The maximum Gasteiger partial charge on any atom is 0.245 e. The lowest BCUT2D eigenvalue weighted by molar-refractivity contribution is -0.139. The first-order chi connectivity index (χ1) is 19.9. The second-order valence-corrected chi connectivity index (χ2v) is 12.2.